The van der Waals surface area contributed by atoms with Crippen molar-refractivity contribution in [3.63, 3.8) is 0 Å². The molecule has 0 spiro atoms. The van der Waals surface area contributed by atoms with E-state index in [4.69, 9.17) is 11.6 Å². The van der Waals surface area contributed by atoms with Crippen molar-refractivity contribution in [2.24, 2.45) is 0 Å². The van der Waals surface area contributed by atoms with Crippen molar-refractivity contribution < 1.29 is 13.6 Å². The Morgan fingerprint density at radius 3 is 2.33 bits per heavy atom. The third kappa shape index (κ3) is 1.69. The molecule has 0 aliphatic carbocycles. The van der Waals surface area contributed by atoms with Gasteiger partial charge in [0.05, 0.1) is 6.54 Å². The second-order valence-electron chi connectivity index (χ2n) is 3.40. The predicted octanol–water partition coefficient (Wildman–Crippen LogP) is 2.41. The fourth-order valence-corrected chi connectivity index (χ4v) is 1.60. The number of benzene rings is 1. The first kappa shape index (κ1) is 10.4. The third-order valence-electron chi connectivity index (χ3n) is 2.32. The summed E-state index contributed by atoms with van der Waals surface area (Å²) in [6.45, 7) is -0.536. The zero-order valence-electron chi connectivity index (χ0n) is 7.71. The summed E-state index contributed by atoms with van der Waals surface area (Å²) in [7, 11) is 0. The van der Waals surface area contributed by atoms with Crippen molar-refractivity contribution in [2.45, 2.75) is 11.8 Å². The first-order valence-electron chi connectivity index (χ1n) is 4.39. The van der Waals surface area contributed by atoms with E-state index in [1.54, 1.807) is 24.3 Å². The van der Waals surface area contributed by atoms with Gasteiger partial charge in [-0.2, -0.15) is 8.78 Å². The van der Waals surface area contributed by atoms with E-state index in [1.807, 2.05) is 0 Å². The van der Waals surface area contributed by atoms with Crippen molar-refractivity contribution in [2.75, 3.05) is 11.4 Å². The van der Waals surface area contributed by atoms with Crippen LogP contribution in [0.5, 0.6) is 0 Å². The molecule has 0 N–H and O–H groups in total. The molecule has 0 atom stereocenters. The van der Waals surface area contributed by atoms with E-state index in [0.717, 1.165) is 10.5 Å². The number of amides is 1. The van der Waals surface area contributed by atoms with Crippen LogP contribution in [-0.2, 0) is 10.7 Å². The van der Waals surface area contributed by atoms with Gasteiger partial charge in [-0.1, -0.05) is 12.1 Å². The van der Waals surface area contributed by atoms with E-state index < -0.39 is 18.4 Å². The molecular weight excluding hydrogens is 224 g/mol. The lowest BCUT2D eigenvalue weighted by Crippen LogP contribution is -2.62. The summed E-state index contributed by atoms with van der Waals surface area (Å²) < 4.78 is 25.2. The van der Waals surface area contributed by atoms with Gasteiger partial charge in [0.15, 0.2) is 0 Å². The molecule has 15 heavy (non-hydrogen) atoms. The van der Waals surface area contributed by atoms with Crippen molar-refractivity contribution in [3.05, 3.63) is 29.8 Å². The van der Waals surface area contributed by atoms with Crippen LogP contribution in [0, 0.1) is 0 Å². The van der Waals surface area contributed by atoms with E-state index in [9.17, 15) is 13.6 Å². The largest absolute Gasteiger partial charge is 0.342 e. The molecule has 1 fully saturated rings. The van der Waals surface area contributed by atoms with Crippen LogP contribution in [0.25, 0.3) is 0 Å². The van der Waals surface area contributed by atoms with Crippen molar-refractivity contribution in [3.8, 4) is 0 Å². The zero-order valence-corrected chi connectivity index (χ0v) is 8.47. The van der Waals surface area contributed by atoms with Gasteiger partial charge >= 0.3 is 5.92 Å². The minimum absolute atomic E-state index is 0.365. The summed E-state index contributed by atoms with van der Waals surface area (Å²) in [6.07, 6.45) is 0. The van der Waals surface area contributed by atoms with Gasteiger partial charge in [-0.05, 0) is 17.7 Å². The van der Waals surface area contributed by atoms with E-state index in [0.29, 0.717) is 11.6 Å². The predicted molar refractivity (Wildman–Crippen MR) is 53.3 cm³/mol. The molecular formula is C10H8ClF2NO. The minimum atomic E-state index is -3.19. The molecule has 1 aliphatic rings. The van der Waals surface area contributed by atoms with Crippen LogP contribution in [0.15, 0.2) is 24.3 Å². The minimum Gasteiger partial charge on any atom is -0.300 e. The number of rotatable bonds is 2. The average Bonchev–Trinajstić information content (AvgIpc) is 2.26. The maximum absolute atomic E-state index is 12.6. The Kier molecular flexibility index (Phi) is 2.38. The number of halogens is 3. The number of hydrogen-bond donors (Lipinski definition) is 0. The highest BCUT2D eigenvalue weighted by molar-refractivity contribution is 6.17. The molecule has 2 nitrogen and oxygen atoms in total. The Balaban J connectivity index is 2.16. The van der Waals surface area contributed by atoms with E-state index >= 15 is 0 Å². The van der Waals surface area contributed by atoms with Crippen molar-refractivity contribution in [1.82, 2.24) is 0 Å². The highest BCUT2D eigenvalue weighted by Gasteiger charge is 2.54. The number of nitrogens with zero attached hydrogens (tertiary/aromatic N) is 1. The lowest BCUT2D eigenvalue weighted by molar-refractivity contribution is -0.152. The molecule has 1 aromatic rings. The van der Waals surface area contributed by atoms with Crippen LogP contribution in [0.2, 0.25) is 0 Å². The molecule has 1 amide bonds. The molecule has 0 saturated carbocycles. The number of alkyl halides is 3. The standard InChI is InChI=1S/C10H8ClF2NO/c11-5-7-1-3-8(4-2-7)14-6-10(12,13)9(14)15/h1-4H,5-6H2. The molecule has 80 valence electrons. The molecule has 1 aliphatic heterocycles. The maximum Gasteiger partial charge on any atom is 0.342 e. The summed E-state index contributed by atoms with van der Waals surface area (Å²) in [6, 6.07) is 6.66. The number of β-lactam (4-membered cyclic amide) rings is 1. The fraction of sp³-hybridized carbons (Fsp3) is 0.300. The first-order chi connectivity index (χ1) is 7.04. The molecule has 0 unspecified atom stereocenters. The first-order valence-corrected chi connectivity index (χ1v) is 4.93. The molecule has 1 saturated heterocycles. The second-order valence-corrected chi connectivity index (χ2v) is 3.66. The van der Waals surface area contributed by atoms with Gasteiger partial charge in [0, 0.05) is 11.6 Å². The number of anilines is 1. The zero-order chi connectivity index (χ0) is 11.1. The summed E-state index contributed by atoms with van der Waals surface area (Å²) >= 11 is 5.58. The van der Waals surface area contributed by atoms with Gasteiger partial charge in [-0.3, -0.25) is 4.79 Å². The molecule has 1 heterocycles. The van der Waals surface area contributed by atoms with Crippen LogP contribution in [0.3, 0.4) is 0 Å². The van der Waals surface area contributed by atoms with Crippen LogP contribution < -0.4 is 4.90 Å². The van der Waals surface area contributed by atoms with Crippen LogP contribution in [-0.4, -0.2) is 18.4 Å². The summed E-state index contributed by atoms with van der Waals surface area (Å²) in [5.41, 5.74) is 1.37. The van der Waals surface area contributed by atoms with Gasteiger partial charge in [0.25, 0.3) is 5.91 Å². The smallest absolute Gasteiger partial charge is 0.300 e. The van der Waals surface area contributed by atoms with Crippen molar-refractivity contribution in [1.29, 1.82) is 0 Å². The molecule has 5 heteroatoms. The Morgan fingerprint density at radius 1 is 1.33 bits per heavy atom. The second kappa shape index (κ2) is 3.45. The van der Waals surface area contributed by atoms with Crippen LogP contribution in [0.1, 0.15) is 5.56 Å². The van der Waals surface area contributed by atoms with Gasteiger partial charge < -0.3 is 4.90 Å². The maximum atomic E-state index is 12.6. The molecule has 0 aromatic heterocycles. The lowest BCUT2D eigenvalue weighted by Gasteiger charge is -2.37. The molecule has 1 aromatic carbocycles. The Labute approximate surface area is 90.4 Å². The van der Waals surface area contributed by atoms with Gasteiger partial charge in [-0.25, -0.2) is 0 Å². The molecule has 2 rings (SSSR count). The average molecular weight is 232 g/mol. The quantitative estimate of drug-likeness (QED) is 0.565. The van der Waals surface area contributed by atoms with Gasteiger partial charge in [-0.15, -0.1) is 11.6 Å². The van der Waals surface area contributed by atoms with Gasteiger partial charge in [0.1, 0.15) is 0 Å². The lowest BCUT2D eigenvalue weighted by atomic mass is 10.1. The Hall–Kier alpha value is -1.16. The topological polar surface area (TPSA) is 20.3 Å². The van der Waals surface area contributed by atoms with Crippen LogP contribution in [0.4, 0.5) is 14.5 Å². The number of hydrogen-bond acceptors (Lipinski definition) is 1. The normalized spacial score (nSPS) is 18.9. The van der Waals surface area contributed by atoms with E-state index in [-0.39, 0.29) is 0 Å². The molecule has 0 bridgehead atoms. The van der Waals surface area contributed by atoms with Crippen LogP contribution >= 0.6 is 11.6 Å². The molecule has 0 radical (unpaired) electrons. The summed E-state index contributed by atoms with van der Waals surface area (Å²) in [5.74, 6) is -3.96. The Morgan fingerprint density at radius 2 is 1.93 bits per heavy atom. The SMILES string of the molecule is O=C1N(c2ccc(CCl)cc2)CC1(F)F. The highest BCUT2D eigenvalue weighted by atomic mass is 35.5. The van der Waals surface area contributed by atoms with Crippen molar-refractivity contribution >= 4 is 23.2 Å². The highest BCUT2D eigenvalue weighted by Crippen LogP contribution is 2.33. The van der Waals surface area contributed by atoms with E-state index in [1.165, 1.54) is 0 Å². The van der Waals surface area contributed by atoms with Gasteiger partial charge in [0.2, 0.25) is 0 Å². The summed E-state index contributed by atoms with van der Waals surface area (Å²) in [5, 5.41) is 0. The fourth-order valence-electron chi connectivity index (χ4n) is 1.42. The summed E-state index contributed by atoms with van der Waals surface area (Å²) in [4.78, 5) is 12.0. The Bertz CT molecular complexity index is 391. The van der Waals surface area contributed by atoms with E-state index in [2.05, 4.69) is 0 Å². The number of carbonyl (C=O) groups excluding carboxylic acids is 1. The number of carbonyl (C=O) groups is 1. The monoisotopic (exact) mass is 231 g/mol. The third-order valence-corrected chi connectivity index (χ3v) is 2.63.